The molecule has 4 heteroatoms. The van der Waals surface area contributed by atoms with Gasteiger partial charge in [-0.1, -0.05) is 0 Å². The van der Waals surface area contributed by atoms with E-state index in [9.17, 15) is 5.11 Å². The van der Waals surface area contributed by atoms with Crippen LogP contribution in [-0.2, 0) is 0 Å². The van der Waals surface area contributed by atoms with Gasteiger partial charge in [-0.3, -0.25) is 4.90 Å². The van der Waals surface area contributed by atoms with Gasteiger partial charge in [0.15, 0.2) is 0 Å². The van der Waals surface area contributed by atoms with Crippen LogP contribution in [0.5, 0.6) is 0 Å². The van der Waals surface area contributed by atoms with Crippen LogP contribution in [0.1, 0.15) is 12.8 Å². The molecule has 2 N–H and O–H groups in total. The number of nitrogens with zero attached hydrogens (tertiary/aromatic N) is 1. The van der Waals surface area contributed by atoms with Crippen molar-refractivity contribution in [1.29, 1.82) is 0 Å². The molecule has 0 aromatic carbocycles. The SMILES string of the molecule is Cl.OC1CCN(C2CNC2)CC1. The van der Waals surface area contributed by atoms with E-state index in [1.54, 1.807) is 0 Å². The lowest BCUT2D eigenvalue weighted by atomic mass is 10.0. The summed E-state index contributed by atoms with van der Waals surface area (Å²) in [7, 11) is 0. The van der Waals surface area contributed by atoms with Crippen molar-refractivity contribution < 1.29 is 5.11 Å². The molecule has 0 radical (unpaired) electrons. The Morgan fingerprint density at radius 1 is 1.17 bits per heavy atom. The molecule has 2 saturated heterocycles. The summed E-state index contributed by atoms with van der Waals surface area (Å²) in [6.07, 6.45) is 1.91. The fourth-order valence-corrected chi connectivity index (χ4v) is 1.78. The van der Waals surface area contributed by atoms with Gasteiger partial charge in [-0.2, -0.15) is 0 Å². The van der Waals surface area contributed by atoms with E-state index in [1.807, 2.05) is 0 Å². The molecule has 2 heterocycles. The first kappa shape index (κ1) is 10.3. The topological polar surface area (TPSA) is 35.5 Å². The Labute approximate surface area is 79.5 Å². The number of hydrogen-bond acceptors (Lipinski definition) is 3. The number of piperidine rings is 1. The third kappa shape index (κ3) is 2.10. The maximum Gasteiger partial charge on any atom is 0.0564 e. The molecule has 0 atom stereocenters. The minimum atomic E-state index is -0.0284. The van der Waals surface area contributed by atoms with Crippen molar-refractivity contribution in [2.24, 2.45) is 0 Å². The fraction of sp³-hybridized carbons (Fsp3) is 1.00. The first-order valence-corrected chi connectivity index (χ1v) is 4.49. The monoisotopic (exact) mass is 192 g/mol. The van der Waals surface area contributed by atoms with Crippen molar-refractivity contribution in [3.05, 3.63) is 0 Å². The number of hydrogen-bond donors (Lipinski definition) is 2. The smallest absolute Gasteiger partial charge is 0.0564 e. The molecule has 2 rings (SSSR count). The summed E-state index contributed by atoms with van der Waals surface area (Å²) in [5.74, 6) is 0. The lowest BCUT2D eigenvalue weighted by Crippen LogP contribution is -2.59. The Morgan fingerprint density at radius 3 is 2.17 bits per heavy atom. The molecule has 0 aliphatic carbocycles. The van der Waals surface area contributed by atoms with Crippen molar-refractivity contribution in [1.82, 2.24) is 10.2 Å². The van der Waals surface area contributed by atoms with Crippen molar-refractivity contribution in [3.8, 4) is 0 Å². The average Bonchev–Trinajstić information content (AvgIpc) is 1.90. The maximum atomic E-state index is 9.26. The van der Waals surface area contributed by atoms with Crippen molar-refractivity contribution in [2.75, 3.05) is 26.2 Å². The molecule has 0 aromatic heterocycles. The van der Waals surface area contributed by atoms with Gasteiger partial charge in [-0.25, -0.2) is 0 Å². The third-order valence-electron chi connectivity index (χ3n) is 2.78. The molecule has 0 amide bonds. The Bertz CT molecular complexity index is 133. The lowest BCUT2D eigenvalue weighted by molar-refractivity contribution is 0.0463. The largest absolute Gasteiger partial charge is 0.393 e. The minimum Gasteiger partial charge on any atom is -0.393 e. The van der Waals surface area contributed by atoms with Gasteiger partial charge in [0.1, 0.15) is 0 Å². The highest BCUT2D eigenvalue weighted by Gasteiger charge is 2.27. The molecular weight excluding hydrogens is 176 g/mol. The summed E-state index contributed by atoms with van der Waals surface area (Å²) < 4.78 is 0. The van der Waals surface area contributed by atoms with Crippen LogP contribution in [0, 0.1) is 0 Å². The molecule has 12 heavy (non-hydrogen) atoms. The second-order valence-electron chi connectivity index (χ2n) is 3.58. The van der Waals surface area contributed by atoms with Crippen molar-refractivity contribution in [3.63, 3.8) is 0 Å². The van der Waals surface area contributed by atoms with E-state index in [4.69, 9.17) is 0 Å². The summed E-state index contributed by atoms with van der Waals surface area (Å²) >= 11 is 0. The molecular formula is C8H17ClN2O. The highest BCUT2D eigenvalue weighted by molar-refractivity contribution is 5.85. The zero-order valence-corrected chi connectivity index (χ0v) is 8.02. The van der Waals surface area contributed by atoms with Crippen LogP contribution >= 0.6 is 12.4 Å². The normalized spacial score (nSPS) is 27.8. The molecule has 0 saturated carbocycles. The van der Waals surface area contributed by atoms with Gasteiger partial charge >= 0.3 is 0 Å². The Balaban J connectivity index is 0.000000720. The van der Waals surface area contributed by atoms with Crippen LogP contribution < -0.4 is 5.32 Å². The maximum absolute atomic E-state index is 9.26. The number of aliphatic hydroxyl groups is 1. The van der Waals surface area contributed by atoms with Crippen LogP contribution in [0.2, 0.25) is 0 Å². The minimum absolute atomic E-state index is 0. The summed E-state index contributed by atoms with van der Waals surface area (Å²) in [5, 5.41) is 12.5. The van der Waals surface area contributed by atoms with Gasteiger partial charge in [0, 0.05) is 32.2 Å². The zero-order valence-electron chi connectivity index (χ0n) is 7.20. The highest BCUT2D eigenvalue weighted by atomic mass is 35.5. The number of aliphatic hydroxyl groups excluding tert-OH is 1. The average molecular weight is 193 g/mol. The molecule has 0 aromatic rings. The van der Waals surface area contributed by atoms with Crippen molar-refractivity contribution >= 4 is 12.4 Å². The molecule has 3 nitrogen and oxygen atoms in total. The number of nitrogens with one attached hydrogen (secondary N) is 1. The second kappa shape index (κ2) is 4.42. The van der Waals surface area contributed by atoms with E-state index < -0.39 is 0 Å². The van der Waals surface area contributed by atoms with E-state index in [0.29, 0.717) is 0 Å². The van der Waals surface area contributed by atoms with E-state index in [0.717, 1.165) is 45.1 Å². The predicted octanol–water partition coefficient (Wildman–Crippen LogP) is -0.163. The quantitative estimate of drug-likeness (QED) is 0.606. The Kier molecular flexibility index (Phi) is 3.77. The van der Waals surface area contributed by atoms with E-state index in [-0.39, 0.29) is 18.5 Å². The van der Waals surface area contributed by atoms with Gasteiger partial charge in [0.25, 0.3) is 0 Å². The molecule has 0 bridgehead atoms. The summed E-state index contributed by atoms with van der Waals surface area (Å²) in [6, 6.07) is 0.766. The van der Waals surface area contributed by atoms with Gasteiger partial charge in [0.2, 0.25) is 0 Å². The molecule has 0 unspecified atom stereocenters. The van der Waals surface area contributed by atoms with Crippen molar-refractivity contribution in [2.45, 2.75) is 25.0 Å². The molecule has 2 aliphatic heterocycles. The number of halogens is 1. The zero-order chi connectivity index (χ0) is 7.68. The van der Waals surface area contributed by atoms with Gasteiger partial charge < -0.3 is 10.4 Å². The van der Waals surface area contributed by atoms with Crippen LogP contribution in [0.4, 0.5) is 0 Å². The summed E-state index contributed by atoms with van der Waals surface area (Å²) in [6.45, 7) is 4.48. The lowest BCUT2D eigenvalue weighted by Gasteiger charge is -2.41. The standard InChI is InChI=1S/C8H16N2O.ClH/c11-8-1-3-10(4-2-8)7-5-9-6-7;/h7-9,11H,1-6H2;1H. The van der Waals surface area contributed by atoms with Gasteiger partial charge in [0.05, 0.1) is 6.10 Å². The predicted molar refractivity (Wildman–Crippen MR) is 50.7 cm³/mol. The third-order valence-corrected chi connectivity index (χ3v) is 2.78. The van der Waals surface area contributed by atoms with E-state index >= 15 is 0 Å². The summed E-state index contributed by atoms with van der Waals surface area (Å²) in [4.78, 5) is 2.49. The molecule has 72 valence electrons. The first-order valence-electron chi connectivity index (χ1n) is 4.49. The van der Waals surface area contributed by atoms with Crippen LogP contribution in [0.25, 0.3) is 0 Å². The molecule has 0 spiro atoms. The number of rotatable bonds is 1. The van der Waals surface area contributed by atoms with Crippen LogP contribution in [0.3, 0.4) is 0 Å². The fourth-order valence-electron chi connectivity index (χ4n) is 1.78. The van der Waals surface area contributed by atoms with E-state index in [2.05, 4.69) is 10.2 Å². The Morgan fingerprint density at radius 2 is 1.75 bits per heavy atom. The second-order valence-corrected chi connectivity index (χ2v) is 3.58. The van der Waals surface area contributed by atoms with Gasteiger partial charge in [-0.05, 0) is 12.8 Å². The summed E-state index contributed by atoms with van der Waals surface area (Å²) in [5.41, 5.74) is 0. The highest BCUT2D eigenvalue weighted by Crippen LogP contribution is 2.14. The molecule has 2 fully saturated rings. The molecule has 2 aliphatic rings. The Hall–Kier alpha value is 0.170. The van der Waals surface area contributed by atoms with Crippen LogP contribution in [0.15, 0.2) is 0 Å². The number of likely N-dealkylation sites (tertiary alicyclic amines) is 1. The first-order chi connectivity index (χ1) is 5.36. The van der Waals surface area contributed by atoms with Crippen LogP contribution in [-0.4, -0.2) is 48.3 Å². The van der Waals surface area contributed by atoms with E-state index in [1.165, 1.54) is 0 Å². The van der Waals surface area contributed by atoms with Gasteiger partial charge in [-0.15, -0.1) is 12.4 Å².